The average molecular weight is 486 g/mol. The van der Waals surface area contributed by atoms with E-state index < -0.39 is 0 Å². The Hall–Kier alpha value is -4.36. The van der Waals surface area contributed by atoms with Gasteiger partial charge < -0.3 is 9.88 Å². The van der Waals surface area contributed by atoms with Crippen LogP contribution in [0.3, 0.4) is 0 Å². The molecule has 1 fully saturated rings. The summed E-state index contributed by atoms with van der Waals surface area (Å²) in [6.07, 6.45) is 7.15. The predicted molar refractivity (Wildman–Crippen MR) is 150 cm³/mol. The van der Waals surface area contributed by atoms with Crippen molar-refractivity contribution in [2.45, 2.75) is 45.1 Å². The number of nitrogens with zero attached hydrogens (tertiary/aromatic N) is 2. The number of nitrogens with one attached hydrogen (secondary N) is 1. The summed E-state index contributed by atoms with van der Waals surface area (Å²) < 4.78 is 2.23. The fourth-order valence-electron chi connectivity index (χ4n) is 5.13. The topological polar surface area (TPSA) is 57.8 Å². The van der Waals surface area contributed by atoms with Crippen molar-refractivity contribution < 1.29 is 4.79 Å². The van der Waals surface area contributed by atoms with Crippen molar-refractivity contribution in [1.29, 1.82) is 5.26 Å². The van der Waals surface area contributed by atoms with Gasteiger partial charge in [-0.25, -0.2) is 0 Å². The lowest BCUT2D eigenvalue weighted by molar-refractivity contribution is -0.117. The van der Waals surface area contributed by atoms with Gasteiger partial charge in [-0.1, -0.05) is 97.6 Å². The zero-order valence-electron chi connectivity index (χ0n) is 21.2. The summed E-state index contributed by atoms with van der Waals surface area (Å²) >= 11 is 0. The lowest BCUT2D eigenvalue weighted by atomic mass is 9.95. The molecule has 5 rings (SSSR count). The molecule has 0 aliphatic heterocycles. The molecule has 0 unspecified atom stereocenters. The quantitative estimate of drug-likeness (QED) is 0.227. The minimum absolute atomic E-state index is 0.128. The number of carbonyl (C=O) groups excluding carboxylic acids is 1. The lowest BCUT2D eigenvalue weighted by Gasteiger charge is -2.22. The molecule has 184 valence electrons. The van der Waals surface area contributed by atoms with Gasteiger partial charge in [-0.05, 0) is 55.2 Å². The molecule has 4 aromatic rings. The van der Waals surface area contributed by atoms with E-state index in [2.05, 4.69) is 77.5 Å². The number of rotatable bonds is 6. The Balaban J connectivity index is 1.69. The molecule has 0 bridgehead atoms. The lowest BCUT2D eigenvalue weighted by Crippen LogP contribution is -2.36. The maximum atomic E-state index is 13.2. The van der Waals surface area contributed by atoms with Crippen LogP contribution in [-0.4, -0.2) is 16.5 Å². The van der Waals surface area contributed by atoms with E-state index in [4.69, 9.17) is 0 Å². The standard InChI is InChI=1S/C33H31N3O/c1-24-17-19-30(20-18-24)36-31(25-11-5-2-6-12-25)22-27(32(36)26-13-7-3-8-14-26)21-28(23-34)33(37)35-29-15-9-4-10-16-29/h2-3,5-8,11-14,17-22,29H,4,9-10,15-16H2,1H3,(H,35,37)/b28-21-. The van der Waals surface area contributed by atoms with Gasteiger partial charge in [-0.15, -0.1) is 0 Å². The highest BCUT2D eigenvalue weighted by Crippen LogP contribution is 2.37. The van der Waals surface area contributed by atoms with E-state index in [1.165, 1.54) is 12.0 Å². The molecule has 0 atom stereocenters. The number of hydrogen-bond acceptors (Lipinski definition) is 2. The smallest absolute Gasteiger partial charge is 0.262 e. The van der Waals surface area contributed by atoms with E-state index >= 15 is 0 Å². The van der Waals surface area contributed by atoms with Crippen molar-refractivity contribution in [2.75, 3.05) is 0 Å². The van der Waals surface area contributed by atoms with Crippen molar-refractivity contribution in [1.82, 2.24) is 9.88 Å². The average Bonchev–Trinajstić information content (AvgIpc) is 3.32. The number of carbonyl (C=O) groups is 1. The van der Waals surface area contributed by atoms with Crippen LogP contribution in [0.4, 0.5) is 0 Å². The Bertz CT molecular complexity index is 1440. The Labute approximate surface area is 218 Å². The van der Waals surface area contributed by atoms with Gasteiger partial charge in [0.05, 0.1) is 11.4 Å². The third-order valence-corrected chi connectivity index (χ3v) is 7.04. The number of hydrogen-bond donors (Lipinski definition) is 1. The van der Waals surface area contributed by atoms with Crippen LogP contribution in [-0.2, 0) is 4.79 Å². The van der Waals surface area contributed by atoms with E-state index in [0.29, 0.717) is 0 Å². The highest BCUT2D eigenvalue weighted by atomic mass is 16.1. The van der Waals surface area contributed by atoms with Gasteiger partial charge in [0.15, 0.2) is 0 Å². The third kappa shape index (κ3) is 5.42. The molecular formula is C33H31N3O. The van der Waals surface area contributed by atoms with E-state index in [0.717, 1.165) is 59.4 Å². The zero-order chi connectivity index (χ0) is 25.6. The number of aromatic nitrogens is 1. The molecule has 1 aliphatic carbocycles. The maximum Gasteiger partial charge on any atom is 0.262 e. The third-order valence-electron chi connectivity index (χ3n) is 7.04. The second-order valence-electron chi connectivity index (χ2n) is 9.71. The SMILES string of the molecule is Cc1ccc(-n2c(-c3ccccc3)cc(/C=C(/C#N)C(=O)NC3CCCCC3)c2-c2ccccc2)cc1. The minimum atomic E-state index is -0.294. The van der Waals surface area contributed by atoms with Crippen molar-refractivity contribution in [3.63, 3.8) is 0 Å². The van der Waals surface area contributed by atoms with Gasteiger partial charge in [0, 0.05) is 17.3 Å². The second-order valence-corrected chi connectivity index (χ2v) is 9.71. The molecule has 1 amide bonds. The largest absolute Gasteiger partial charge is 0.349 e. The first kappa shape index (κ1) is 24.3. The van der Waals surface area contributed by atoms with Crippen LogP contribution in [0, 0.1) is 18.3 Å². The summed E-state index contributed by atoms with van der Waals surface area (Å²) in [6, 6.07) is 33.2. The summed E-state index contributed by atoms with van der Waals surface area (Å²) in [5.74, 6) is -0.294. The first-order chi connectivity index (χ1) is 18.1. The first-order valence-electron chi connectivity index (χ1n) is 13.0. The van der Waals surface area contributed by atoms with Gasteiger partial charge >= 0.3 is 0 Å². The molecule has 0 radical (unpaired) electrons. The second kappa shape index (κ2) is 11.1. The van der Waals surface area contributed by atoms with Gasteiger partial charge in [0.2, 0.25) is 0 Å². The molecule has 1 heterocycles. The molecule has 37 heavy (non-hydrogen) atoms. The van der Waals surface area contributed by atoms with Gasteiger partial charge in [0.25, 0.3) is 5.91 Å². The Morgan fingerprint density at radius 1 is 0.892 bits per heavy atom. The van der Waals surface area contributed by atoms with E-state index in [-0.39, 0.29) is 17.5 Å². The summed E-state index contributed by atoms with van der Waals surface area (Å²) in [5.41, 5.74) is 7.19. The molecule has 4 heteroatoms. The number of amides is 1. The predicted octanol–water partition coefficient (Wildman–Crippen LogP) is 7.48. The maximum absolute atomic E-state index is 13.2. The Morgan fingerprint density at radius 2 is 1.51 bits per heavy atom. The summed E-state index contributed by atoms with van der Waals surface area (Å²) in [6.45, 7) is 2.08. The molecule has 0 spiro atoms. The molecule has 1 saturated carbocycles. The van der Waals surface area contributed by atoms with Crippen LogP contribution in [0.5, 0.6) is 0 Å². The van der Waals surface area contributed by atoms with Crippen molar-refractivity contribution in [3.05, 3.63) is 108 Å². The zero-order valence-corrected chi connectivity index (χ0v) is 21.2. The van der Waals surface area contributed by atoms with E-state index in [1.807, 2.05) is 36.4 Å². The highest BCUT2D eigenvalue weighted by molar-refractivity contribution is 6.03. The van der Waals surface area contributed by atoms with Crippen molar-refractivity contribution in [2.24, 2.45) is 0 Å². The number of nitriles is 1. The van der Waals surface area contributed by atoms with Crippen LogP contribution in [0.25, 0.3) is 34.3 Å². The van der Waals surface area contributed by atoms with Crippen molar-refractivity contribution in [3.8, 4) is 34.3 Å². The van der Waals surface area contributed by atoms with Gasteiger partial charge in [-0.3, -0.25) is 4.79 Å². The van der Waals surface area contributed by atoms with Crippen LogP contribution >= 0.6 is 0 Å². The summed E-state index contributed by atoms with van der Waals surface area (Å²) in [5, 5.41) is 13.1. The van der Waals surface area contributed by atoms with Crippen LogP contribution < -0.4 is 5.32 Å². The van der Waals surface area contributed by atoms with Crippen LogP contribution in [0.15, 0.2) is 96.6 Å². The number of aryl methyl sites for hydroxylation is 1. The highest BCUT2D eigenvalue weighted by Gasteiger charge is 2.22. The van der Waals surface area contributed by atoms with Gasteiger partial charge in [-0.2, -0.15) is 5.26 Å². The number of benzene rings is 3. The molecule has 3 aromatic carbocycles. The molecule has 1 N–H and O–H groups in total. The first-order valence-corrected chi connectivity index (χ1v) is 13.0. The summed E-state index contributed by atoms with van der Waals surface area (Å²) in [4.78, 5) is 13.2. The van der Waals surface area contributed by atoms with E-state index in [9.17, 15) is 10.1 Å². The minimum Gasteiger partial charge on any atom is -0.349 e. The normalized spacial score (nSPS) is 14.2. The molecule has 1 aliphatic rings. The van der Waals surface area contributed by atoms with Crippen LogP contribution in [0.2, 0.25) is 0 Å². The van der Waals surface area contributed by atoms with Crippen molar-refractivity contribution >= 4 is 12.0 Å². The van der Waals surface area contributed by atoms with E-state index in [1.54, 1.807) is 6.08 Å². The molecule has 1 aromatic heterocycles. The summed E-state index contributed by atoms with van der Waals surface area (Å²) in [7, 11) is 0. The van der Waals surface area contributed by atoms with Crippen LogP contribution in [0.1, 0.15) is 43.2 Å². The Kier molecular flexibility index (Phi) is 7.33. The molecular weight excluding hydrogens is 454 g/mol. The monoisotopic (exact) mass is 485 g/mol. The van der Waals surface area contributed by atoms with Gasteiger partial charge in [0.1, 0.15) is 11.6 Å². The fraction of sp³-hybridized carbons (Fsp3) is 0.212. The molecule has 4 nitrogen and oxygen atoms in total. The fourth-order valence-corrected chi connectivity index (χ4v) is 5.13. The molecule has 0 saturated heterocycles. The Morgan fingerprint density at radius 3 is 2.14 bits per heavy atom.